The van der Waals surface area contributed by atoms with E-state index in [1.54, 1.807) is 17.4 Å². The van der Waals surface area contributed by atoms with E-state index in [4.69, 9.17) is 4.52 Å². The van der Waals surface area contributed by atoms with Gasteiger partial charge in [-0.3, -0.25) is 9.69 Å². The largest absolute Gasteiger partial charge is 0.355 e. The third kappa shape index (κ3) is 5.18. The normalized spacial score (nSPS) is 12.9. The van der Waals surface area contributed by atoms with E-state index in [1.165, 1.54) is 11.1 Å². The fourth-order valence-electron chi connectivity index (χ4n) is 3.52. The van der Waals surface area contributed by atoms with Crippen LogP contribution in [0, 0.1) is 0 Å². The molecule has 0 aliphatic rings. The molecule has 0 saturated carbocycles. The van der Waals surface area contributed by atoms with Crippen molar-refractivity contribution in [2.75, 3.05) is 19.6 Å². The highest BCUT2D eigenvalue weighted by Crippen LogP contribution is 2.27. The Morgan fingerprint density at radius 3 is 2.43 bits per heavy atom. The Balaban J connectivity index is 1.73. The van der Waals surface area contributed by atoms with E-state index in [0.717, 1.165) is 18.0 Å². The molecule has 0 saturated heterocycles. The summed E-state index contributed by atoms with van der Waals surface area (Å²) in [6.07, 6.45) is 0. The van der Waals surface area contributed by atoms with Gasteiger partial charge in [-0.2, -0.15) is 0 Å². The Morgan fingerprint density at radius 1 is 1.17 bits per heavy atom. The molecule has 0 bridgehead atoms. The molecule has 5 nitrogen and oxygen atoms in total. The third-order valence-corrected chi connectivity index (χ3v) is 6.26. The van der Waals surface area contributed by atoms with Gasteiger partial charge in [0.2, 0.25) is 0 Å². The first-order valence-electron chi connectivity index (χ1n) is 10.5. The Morgan fingerprint density at radius 2 is 1.87 bits per heavy atom. The van der Waals surface area contributed by atoms with Crippen LogP contribution in [0.5, 0.6) is 0 Å². The second-order valence-corrected chi connectivity index (χ2v) is 9.32. The van der Waals surface area contributed by atoms with Gasteiger partial charge in [-0.05, 0) is 41.1 Å². The SMILES string of the molecule is CCN(CC)[C@@H](CNC(=O)c1cc(-c2cccs2)on1)c1ccc(C(C)(C)C)cc1. The monoisotopic (exact) mass is 425 g/mol. The first-order chi connectivity index (χ1) is 14.3. The van der Waals surface area contributed by atoms with Crippen LogP contribution in [0.1, 0.15) is 62.3 Å². The number of rotatable bonds is 8. The number of carbonyl (C=O) groups excluding carboxylic acids is 1. The molecule has 1 aromatic carbocycles. The molecule has 1 amide bonds. The van der Waals surface area contributed by atoms with E-state index >= 15 is 0 Å². The van der Waals surface area contributed by atoms with Crippen molar-refractivity contribution in [3.63, 3.8) is 0 Å². The smallest absolute Gasteiger partial charge is 0.273 e. The van der Waals surface area contributed by atoms with E-state index in [0.29, 0.717) is 18.0 Å². The second-order valence-electron chi connectivity index (χ2n) is 8.37. The maximum absolute atomic E-state index is 12.7. The van der Waals surface area contributed by atoms with Gasteiger partial charge in [0.05, 0.1) is 10.9 Å². The molecule has 160 valence electrons. The van der Waals surface area contributed by atoms with Crippen molar-refractivity contribution in [2.45, 2.75) is 46.1 Å². The Kier molecular flexibility index (Phi) is 7.10. The highest BCUT2D eigenvalue weighted by atomic mass is 32.1. The van der Waals surface area contributed by atoms with Gasteiger partial charge in [0, 0.05) is 12.6 Å². The molecule has 2 heterocycles. The van der Waals surface area contributed by atoms with Crippen LogP contribution in [0.15, 0.2) is 52.4 Å². The highest BCUT2D eigenvalue weighted by molar-refractivity contribution is 7.13. The number of amides is 1. The van der Waals surface area contributed by atoms with Crippen LogP contribution in [0.25, 0.3) is 10.6 Å². The minimum Gasteiger partial charge on any atom is -0.355 e. The van der Waals surface area contributed by atoms with Gasteiger partial charge in [-0.1, -0.05) is 70.1 Å². The van der Waals surface area contributed by atoms with Crippen LogP contribution < -0.4 is 5.32 Å². The van der Waals surface area contributed by atoms with Crippen LogP contribution in [0.3, 0.4) is 0 Å². The van der Waals surface area contributed by atoms with Crippen LogP contribution in [-0.2, 0) is 5.41 Å². The molecule has 0 aliphatic carbocycles. The summed E-state index contributed by atoms with van der Waals surface area (Å²) in [7, 11) is 0. The summed E-state index contributed by atoms with van der Waals surface area (Å²) >= 11 is 1.56. The number of carbonyl (C=O) groups is 1. The van der Waals surface area contributed by atoms with Crippen LogP contribution >= 0.6 is 11.3 Å². The maximum Gasteiger partial charge on any atom is 0.273 e. The molecule has 0 unspecified atom stereocenters. The predicted octanol–water partition coefficient (Wildman–Crippen LogP) is 5.51. The predicted molar refractivity (Wildman–Crippen MR) is 123 cm³/mol. The van der Waals surface area contributed by atoms with E-state index in [2.05, 4.69) is 74.3 Å². The third-order valence-electron chi connectivity index (χ3n) is 5.38. The van der Waals surface area contributed by atoms with Crippen molar-refractivity contribution in [3.05, 3.63) is 64.7 Å². The second kappa shape index (κ2) is 9.58. The zero-order valence-corrected chi connectivity index (χ0v) is 19.3. The molecule has 3 rings (SSSR count). The van der Waals surface area contributed by atoms with E-state index in [-0.39, 0.29) is 17.4 Å². The molecule has 0 fully saturated rings. The summed E-state index contributed by atoms with van der Waals surface area (Å²) in [5, 5.41) is 8.97. The molecule has 0 radical (unpaired) electrons. The van der Waals surface area contributed by atoms with Crippen molar-refractivity contribution in [1.29, 1.82) is 0 Å². The number of nitrogens with zero attached hydrogens (tertiary/aromatic N) is 2. The summed E-state index contributed by atoms with van der Waals surface area (Å²) in [6.45, 7) is 13.3. The number of hydrogen-bond acceptors (Lipinski definition) is 5. The molecular weight excluding hydrogens is 394 g/mol. The summed E-state index contributed by atoms with van der Waals surface area (Å²) in [6, 6.07) is 14.4. The summed E-state index contributed by atoms with van der Waals surface area (Å²) in [5.41, 5.74) is 2.92. The van der Waals surface area contributed by atoms with Crippen LogP contribution in [-0.4, -0.2) is 35.6 Å². The maximum atomic E-state index is 12.7. The number of nitrogens with one attached hydrogen (secondary N) is 1. The van der Waals surface area contributed by atoms with Gasteiger partial charge < -0.3 is 9.84 Å². The average Bonchev–Trinajstić information content (AvgIpc) is 3.42. The van der Waals surface area contributed by atoms with E-state index in [1.807, 2.05) is 17.5 Å². The van der Waals surface area contributed by atoms with Gasteiger partial charge in [-0.15, -0.1) is 11.3 Å². The van der Waals surface area contributed by atoms with Crippen molar-refractivity contribution in [2.24, 2.45) is 0 Å². The number of aromatic nitrogens is 1. The molecule has 1 N–H and O–H groups in total. The van der Waals surface area contributed by atoms with E-state index in [9.17, 15) is 4.79 Å². The average molecular weight is 426 g/mol. The molecule has 0 aliphatic heterocycles. The van der Waals surface area contributed by atoms with Gasteiger partial charge in [-0.25, -0.2) is 0 Å². The molecule has 3 aromatic rings. The van der Waals surface area contributed by atoms with Crippen molar-refractivity contribution >= 4 is 17.2 Å². The van der Waals surface area contributed by atoms with Crippen LogP contribution in [0.4, 0.5) is 0 Å². The topological polar surface area (TPSA) is 58.4 Å². The highest BCUT2D eigenvalue weighted by Gasteiger charge is 2.22. The summed E-state index contributed by atoms with van der Waals surface area (Å²) in [4.78, 5) is 16.0. The number of hydrogen-bond donors (Lipinski definition) is 1. The Bertz CT molecular complexity index is 936. The Labute approximate surface area is 183 Å². The molecule has 30 heavy (non-hydrogen) atoms. The van der Waals surface area contributed by atoms with Crippen molar-refractivity contribution < 1.29 is 9.32 Å². The summed E-state index contributed by atoms with van der Waals surface area (Å²) < 4.78 is 5.35. The van der Waals surface area contributed by atoms with Gasteiger partial charge >= 0.3 is 0 Å². The fourth-order valence-corrected chi connectivity index (χ4v) is 4.20. The lowest BCUT2D eigenvalue weighted by Gasteiger charge is -2.31. The zero-order chi connectivity index (χ0) is 21.7. The first kappa shape index (κ1) is 22.2. The zero-order valence-electron chi connectivity index (χ0n) is 18.4. The molecule has 0 spiro atoms. The van der Waals surface area contributed by atoms with Gasteiger partial charge in [0.1, 0.15) is 0 Å². The molecule has 2 aromatic heterocycles. The van der Waals surface area contributed by atoms with Crippen LogP contribution in [0.2, 0.25) is 0 Å². The molecular formula is C24H31N3O2S. The number of benzene rings is 1. The van der Waals surface area contributed by atoms with Crippen molar-refractivity contribution in [1.82, 2.24) is 15.4 Å². The summed E-state index contributed by atoms with van der Waals surface area (Å²) in [5.74, 6) is 0.401. The lowest BCUT2D eigenvalue weighted by Crippen LogP contribution is -2.38. The van der Waals surface area contributed by atoms with Gasteiger partial charge in [0.25, 0.3) is 5.91 Å². The number of likely N-dealkylation sites (N-methyl/N-ethyl adjacent to an activating group) is 1. The number of thiophene rings is 1. The quantitative estimate of drug-likeness (QED) is 0.517. The standard InChI is InChI=1S/C24H31N3O2S/c1-6-27(7-2)20(17-10-12-18(13-11-17)24(3,4)5)16-25-23(28)19-15-21(29-26-19)22-9-8-14-30-22/h8-15,20H,6-7,16H2,1-5H3,(H,25,28)/t20-/m0/s1. The minimum absolute atomic E-state index is 0.0987. The lowest BCUT2D eigenvalue weighted by molar-refractivity contribution is 0.0926. The minimum atomic E-state index is -0.218. The fraction of sp³-hybridized carbons (Fsp3) is 0.417. The van der Waals surface area contributed by atoms with Crippen molar-refractivity contribution in [3.8, 4) is 10.6 Å². The Hall–Kier alpha value is -2.44. The first-order valence-corrected chi connectivity index (χ1v) is 11.3. The van der Waals surface area contributed by atoms with E-state index < -0.39 is 0 Å². The lowest BCUT2D eigenvalue weighted by atomic mass is 9.86. The van der Waals surface area contributed by atoms with Gasteiger partial charge in [0.15, 0.2) is 11.5 Å². The molecule has 1 atom stereocenters. The molecule has 6 heteroatoms.